The molecular formula is C20H15N3O. The molecule has 1 heterocycles. The van der Waals surface area contributed by atoms with Gasteiger partial charge in [0, 0.05) is 16.3 Å². The Bertz CT molecular complexity index is 1080. The summed E-state index contributed by atoms with van der Waals surface area (Å²) in [5, 5.41) is 10.2. The van der Waals surface area contributed by atoms with E-state index in [1.807, 2.05) is 72.8 Å². The molecule has 1 aromatic heterocycles. The van der Waals surface area contributed by atoms with Gasteiger partial charge in [-0.1, -0.05) is 60.7 Å². The summed E-state index contributed by atoms with van der Waals surface area (Å²) in [4.78, 5) is 4.26. The van der Waals surface area contributed by atoms with Gasteiger partial charge < -0.3 is 10.2 Å². The maximum atomic E-state index is 8.13. The normalized spacial score (nSPS) is 11.9. The molecule has 0 amide bonds. The number of benzene rings is 3. The van der Waals surface area contributed by atoms with Crippen LogP contribution in [0.25, 0.3) is 21.9 Å². The van der Waals surface area contributed by atoms with Crippen LogP contribution in [0.1, 0.15) is 11.1 Å². The smallest absolute Gasteiger partial charge is 0.154 e. The molecule has 4 nitrogen and oxygen atoms in total. The van der Waals surface area contributed by atoms with Crippen molar-refractivity contribution in [2.45, 2.75) is 0 Å². The van der Waals surface area contributed by atoms with Gasteiger partial charge in [-0.15, -0.1) is 0 Å². The number of hydrogen-bond acceptors (Lipinski definition) is 2. The van der Waals surface area contributed by atoms with Crippen LogP contribution in [-0.4, -0.2) is 11.7 Å². The van der Waals surface area contributed by atoms with E-state index in [1.165, 1.54) is 0 Å². The second-order valence-electron chi connectivity index (χ2n) is 5.49. The van der Waals surface area contributed by atoms with Gasteiger partial charge in [-0.3, -0.25) is 5.41 Å². The Balaban J connectivity index is 1.84. The Hall–Kier alpha value is -3.40. The fourth-order valence-electron chi connectivity index (χ4n) is 2.79. The lowest BCUT2D eigenvalue weighted by atomic mass is 10.1. The first-order valence-corrected chi connectivity index (χ1v) is 7.63. The van der Waals surface area contributed by atoms with Crippen molar-refractivity contribution in [1.29, 1.82) is 5.41 Å². The van der Waals surface area contributed by atoms with Crippen molar-refractivity contribution in [1.82, 2.24) is 0 Å². The lowest BCUT2D eigenvalue weighted by Gasteiger charge is -2.03. The minimum absolute atomic E-state index is 0.126. The van der Waals surface area contributed by atoms with E-state index >= 15 is 0 Å². The number of nitrogens with one attached hydrogen (secondary N) is 1. The summed E-state index contributed by atoms with van der Waals surface area (Å²) in [5.41, 5.74) is 9.09. The van der Waals surface area contributed by atoms with Gasteiger partial charge >= 0.3 is 0 Å². The van der Waals surface area contributed by atoms with Crippen molar-refractivity contribution < 1.29 is 4.42 Å². The highest BCUT2D eigenvalue weighted by Crippen LogP contribution is 2.30. The van der Waals surface area contributed by atoms with Crippen LogP contribution in [0.2, 0.25) is 0 Å². The summed E-state index contributed by atoms with van der Waals surface area (Å²) < 4.78 is 5.96. The van der Waals surface area contributed by atoms with E-state index in [1.54, 1.807) is 0 Å². The Kier molecular flexibility index (Phi) is 3.35. The zero-order valence-electron chi connectivity index (χ0n) is 12.9. The van der Waals surface area contributed by atoms with Gasteiger partial charge in [-0.2, -0.15) is 0 Å². The van der Waals surface area contributed by atoms with Gasteiger partial charge in [0.1, 0.15) is 17.0 Å². The third kappa shape index (κ3) is 2.34. The minimum Gasteiger partial charge on any atom is -0.455 e. The number of aliphatic imine (C=N–C) groups is 1. The number of rotatable bonds is 2. The van der Waals surface area contributed by atoms with Crippen LogP contribution in [0.4, 0.5) is 0 Å². The van der Waals surface area contributed by atoms with Gasteiger partial charge in [0.05, 0.1) is 5.56 Å². The molecule has 0 aliphatic heterocycles. The molecule has 3 aromatic carbocycles. The van der Waals surface area contributed by atoms with E-state index in [2.05, 4.69) is 4.99 Å². The van der Waals surface area contributed by atoms with Crippen molar-refractivity contribution >= 4 is 33.6 Å². The highest BCUT2D eigenvalue weighted by molar-refractivity contribution is 6.17. The molecule has 0 radical (unpaired) electrons. The van der Waals surface area contributed by atoms with Crippen molar-refractivity contribution in [2.24, 2.45) is 10.7 Å². The standard InChI is InChI=1S/C20H15N3O/c21-19(13-7-2-1-3-8-13)23-20(22)16-11-6-10-15-14-9-4-5-12-17(14)24-18(15)16/h1-12H,(H3,21,22,23). The lowest BCUT2D eigenvalue weighted by molar-refractivity contribution is 0.668. The molecule has 0 bridgehead atoms. The summed E-state index contributed by atoms with van der Waals surface area (Å²) in [6.45, 7) is 0. The summed E-state index contributed by atoms with van der Waals surface area (Å²) >= 11 is 0. The van der Waals surface area contributed by atoms with Crippen molar-refractivity contribution in [3.63, 3.8) is 0 Å². The van der Waals surface area contributed by atoms with Crippen LogP contribution in [0.3, 0.4) is 0 Å². The van der Waals surface area contributed by atoms with Gasteiger partial charge in [-0.05, 0) is 12.1 Å². The topological polar surface area (TPSA) is 75.4 Å². The Morgan fingerprint density at radius 2 is 1.54 bits per heavy atom. The summed E-state index contributed by atoms with van der Waals surface area (Å²) in [7, 11) is 0. The first-order chi connectivity index (χ1) is 11.7. The highest BCUT2D eigenvalue weighted by atomic mass is 16.3. The number of nitrogens with zero attached hydrogens (tertiary/aromatic N) is 1. The molecule has 0 fully saturated rings. The molecular weight excluding hydrogens is 298 g/mol. The number of amidine groups is 2. The molecule has 116 valence electrons. The lowest BCUT2D eigenvalue weighted by Crippen LogP contribution is -2.16. The van der Waals surface area contributed by atoms with E-state index in [0.29, 0.717) is 11.1 Å². The van der Waals surface area contributed by atoms with E-state index in [9.17, 15) is 0 Å². The van der Waals surface area contributed by atoms with Crippen molar-refractivity contribution in [3.05, 3.63) is 83.9 Å². The summed E-state index contributed by atoms with van der Waals surface area (Å²) in [6, 6.07) is 23.0. The molecule has 0 aliphatic rings. The van der Waals surface area contributed by atoms with Crippen LogP contribution in [0, 0.1) is 5.41 Å². The van der Waals surface area contributed by atoms with E-state index < -0.39 is 0 Å². The maximum Gasteiger partial charge on any atom is 0.154 e. The predicted octanol–water partition coefficient (Wildman–Crippen LogP) is 4.32. The Morgan fingerprint density at radius 1 is 0.833 bits per heavy atom. The first kappa shape index (κ1) is 14.2. The average Bonchev–Trinajstić information content (AvgIpc) is 3.01. The number of fused-ring (bicyclic) bond motifs is 3. The zero-order chi connectivity index (χ0) is 16.5. The van der Waals surface area contributed by atoms with E-state index in [0.717, 1.165) is 21.9 Å². The minimum atomic E-state index is 0.126. The molecule has 4 heteroatoms. The van der Waals surface area contributed by atoms with Gasteiger partial charge in [0.15, 0.2) is 5.84 Å². The second-order valence-corrected chi connectivity index (χ2v) is 5.49. The molecule has 0 atom stereocenters. The SMILES string of the molecule is N=C(/N=C(\N)c1cccc2c1oc1ccccc12)c1ccccc1. The molecule has 0 saturated heterocycles. The van der Waals surface area contributed by atoms with Crippen LogP contribution < -0.4 is 5.73 Å². The maximum absolute atomic E-state index is 8.13. The number of hydrogen-bond donors (Lipinski definition) is 2. The van der Waals surface area contributed by atoms with Crippen LogP contribution in [-0.2, 0) is 0 Å². The molecule has 0 unspecified atom stereocenters. The molecule has 4 rings (SSSR count). The molecule has 0 aliphatic carbocycles. The largest absolute Gasteiger partial charge is 0.455 e. The zero-order valence-corrected chi connectivity index (χ0v) is 12.9. The number of furan rings is 1. The Morgan fingerprint density at radius 3 is 2.38 bits per heavy atom. The van der Waals surface area contributed by atoms with Gasteiger partial charge in [0.25, 0.3) is 0 Å². The van der Waals surface area contributed by atoms with Crippen molar-refractivity contribution in [2.75, 3.05) is 0 Å². The van der Waals surface area contributed by atoms with Gasteiger partial charge in [-0.25, -0.2) is 4.99 Å². The fraction of sp³-hybridized carbons (Fsp3) is 0. The van der Waals surface area contributed by atoms with Crippen molar-refractivity contribution in [3.8, 4) is 0 Å². The van der Waals surface area contributed by atoms with Crippen LogP contribution >= 0.6 is 0 Å². The van der Waals surface area contributed by atoms with Crippen LogP contribution in [0.15, 0.2) is 82.2 Å². The van der Waals surface area contributed by atoms with E-state index in [-0.39, 0.29) is 11.7 Å². The highest BCUT2D eigenvalue weighted by Gasteiger charge is 2.13. The molecule has 3 N–H and O–H groups in total. The summed E-state index contributed by atoms with van der Waals surface area (Å²) in [5.74, 6) is 0.398. The third-order valence-electron chi connectivity index (χ3n) is 3.96. The monoisotopic (exact) mass is 313 g/mol. The quantitative estimate of drug-likeness (QED) is 0.427. The second kappa shape index (κ2) is 5.66. The molecule has 24 heavy (non-hydrogen) atoms. The fourth-order valence-corrected chi connectivity index (χ4v) is 2.79. The Labute approximate surface area is 138 Å². The van der Waals surface area contributed by atoms with Crippen LogP contribution in [0.5, 0.6) is 0 Å². The summed E-state index contributed by atoms with van der Waals surface area (Å²) in [6.07, 6.45) is 0. The van der Waals surface area contributed by atoms with Gasteiger partial charge in [0.2, 0.25) is 0 Å². The third-order valence-corrected chi connectivity index (χ3v) is 3.96. The molecule has 0 saturated carbocycles. The molecule has 0 spiro atoms. The number of para-hydroxylation sites is 2. The van der Waals surface area contributed by atoms with E-state index in [4.69, 9.17) is 15.6 Å². The average molecular weight is 313 g/mol. The first-order valence-electron chi connectivity index (χ1n) is 7.63. The molecule has 4 aromatic rings. The predicted molar refractivity (Wildman–Crippen MR) is 97.7 cm³/mol. The number of nitrogens with two attached hydrogens (primary N) is 1.